The van der Waals surface area contributed by atoms with Crippen LogP contribution in [0.2, 0.25) is 0 Å². The van der Waals surface area contributed by atoms with Crippen LogP contribution in [-0.4, -0.2) is 15.9 Å². The van der Waals surface area contributed by atoms with Gasteiger partial charge in [0.2, 0.25) is 0 Å². The number of hydrogen-bond acceptors (Lipinski definition) is 5. The number of hydrogen-bond donors (Lipinski definition) is 2. The Morgan fingerprint density at radius 2 is 2.05 bits per heavy atom. The Balaban J connectivity index is 1.98. The van der Waals surface area contributed by atoms with Crippen LogP contribution < -0.4 is 11.1 Å². The predicted octanol–water partition coefficient (Wildman–Crippen LogP) is 3.29. The molecule has 1 aromatic carbocycles. The molecule has 3 N–H and O–H groups in total. The standard InChI is InChI=1S/C13H9BrN4OS/c14-7-1-2-10-9(3-7)11(15)12(20-10)13(19)18-8-4-16-6-17-5-8/h1-6H,15H2,(H,18,19). The minimum atomic E-state index is -0.255. The molecule has 2 heterocycles. The van der Waals surface area contributed by atoms with Crippen LogP contribution in [0, 0.1) is 0 Å². The van der Waals surface area contributed by atoms with E-state index < -0.39 is 0 Å². The Hall–Kier alpha value is -1.99. The van der Waals surface area contributed by atoms with Crippen LogP contribution in [0.25, 0.3) is 10.1 Å². The molecule has 3 rings (SSSR count). The molecule has 0 bridgehead atoms. The van der Waals surface area contributed by atoms with Crippen molar-refractivity contribution >= 4 is 54.6 Å². The summed E-state index contributed by atoms with van der Waals surface area (Å²) in [6, 6.07) is 5.76. The Morgan fingerprint density at radius 3 is 2.80 bits per heavy atom. The van der Waals surface area contributed by atoms with Gasteiger partial charge in [0.25, 0.3) is 5.91 Å². The van der Waals surface area contributed by atoms with E-state index in [0.717, 1.165) is 14.6 Å². The summed E-state index contributed by atoms with van der Waals surface area (Å²) >= 11 is 4.76. The van der Waals surface area contributed by atoms with Crippen molar-refractivity contribution < 1.29 is 4.79 Å². The van der Waals surface area contributed by atoms with Crippen molar-refractivity contribution in [1.82, 2.24) is 9.97 Å². The van der Waals surface area contributed by atoms with Gasteiger partial charge >= 0.3 is 0 Å². The van der Waals surface area contributed by atoms with Crippen LogP contribution >= 0.6 is 27.3 Å². The maximum atomic E-state index is 12.2. The number of benzene rings is 1. The molecular formula is C13H9BrN4OS. The maximum Gasteiger partial charge on any atom is 0.267 e. The summed E-state index contributed by atoms with van der Waals surface area (Å²) in [7, 11) is 0. The van der Waals surface area contributed by atoms with Crippen molar-refractivity contribution in [1.29, 1.82) is 0 Å². The lowest BCUT2D eigenvalue weighted by Crippen LogP contribution is -2.12. The molecule has 0 saturated carbocycles. The topological polar surface area (TPSA) is 80.9 Å². The third-order valence-electron chi connectivity index (χ3n) is 2.71. The molecule has 0 aliphatic carbocycles. The lowest BCUT2D eigenvalue weighted by atomic mass is 10.2. The van der Waals surface area contributed by atoms with Gasteiger partial charge in [0.15, 0.2) is 0 Å². The zero-order valence-electron chi connectivity index (χ0n) is 10.1. The van der Waals surface area contributed by atoms with Crippen molar-refractivity contribution in [3.63, 3.8) is 0 Å². The van der Waals surface area contributed by atoms with E-state index in [1.54, 1.807) is 0 Å². The third-order valence-corrected chi connectivity index (χ3v) is 4.39. The number of nitrogens with zero attached hydrogens (tertiary/aromatic N) is 2. The summed E-state index contributed by atoms with van der Waals surface area (Å²) < 4.78 is 1.90. The molecular weight excluding hydrogens is 340 g/mol. The van der Waals surface area contributed by atoms with Crippen molar-refractivity contribution in [3.05, 3.63) is 46.3 Å². The molecule has 0 aliphatic rings. The average Bonchev–Trinajstić information content (AvgIpc) is 2.77. The second kappa shape index (κ2) is 5.18. The monoisotopic (exact) mass is 348 g/mol. The zero-order valence-corrected chi connectivity index (χ0v) is 12.5. The quantitative estimate of drug-likeness (QED) is 0.744. The number of amides is 1. The SMILES string of the molecule is Nc1c(C(=O)Nc2cncnc2)sc2ccc(Br)cc12. The Labute approximate surface area is 127 Å². The molecule has 0 atom stereocenters. The van der Waals surface area contributed by atoms with E-state index in [4.69, 9.17) is 5.73 Å². The van der Waals surface area contributed by atoms with Gasteiger partial charge in [-0.05, 0) is 18.2 Å². The van der Waals surface area contributed by atoms with E-state index >= 15 is 0 Å². The van der Waals surface area contributed by atoms with Crippen molar-refractivity contribution in [2.45, 2.75) is 0 Å². The molecule has 7 heteroatoms. The first kappa shape index (κ1) is 13.0. The molecule has 0 aliphatic heterocycles. The van der Waals surface area contributed by atoms with E-state index in [9.17, 15) is 4.79 Å². The van der Waals surface area contributed by atoms with Gasteiger partial charge < -0.3 is 11.1 Å². The molecule has 0 spiro atoms. The van der Waals surface area contributed by atoms with Crippen LogP contribution in [0.3, 0.4) is 0 Å². The first-order valence-corrected chi connectivity index (χ1v) is 7.30. The average molecular weight is 349 g/mol. The minimum absolute atomic E-state index is 0.255. The summed E-state index contributed by atoms with van der Waals surface area (Å²) in [6.45, 7) is 0. The van der Waals surface area contributed by atoms with E-state index in [2.05, 4.69) is 31.2 Å². The first-order chi connectivity index (χ1) is 9.65. The number of thiophene rings is 1. The third kappa shape index (κ3) is 2.37. The van der Waals surface area contributed by atoms with Crippen LogP contribution in [0.1, 0.15) is 9.67 Å². The molecule has 0 saturated heterocycles. The number of nitrogen functional groups attached to an aromatic ring is 1. The summed E-state index contributed by atoms with van der Waals surface area (Å²) in [4.78, 5) is 20.4. The molecule has 100 valence electrons. The number of aromatic nitrogens is 2. The molecule has 0 fully saturated rings. The highest BCUT2D eigenvalue weighted by molar-refractivity contribution is 9.10. The van der Waals surface area contributed by atoms with E-state index in [0.29, 0.717) is 16.3 Å². The fraction of sp³-hybridized carbons (Fsp3) is 0. The largest absolute Gasteiger partial charge is 0.397 e. The minimum Gasteiger partial charge on any atom is -0.397 e. The Kier molecular flexibility index (Phi) is 3.37. The van der Waals surface area contributed by atoms with Crippen LogP contribution in [0.4, 0.5) is 11.4 Å². The van der Waals surface area contributed by atoms with Crippen molar-refractivity contribution in [2.75, 3.05) is 11.1 Å². The fourth-order valence-corrected chi connectivity index (χ4v) is 3.17. The number of halogens is 1. The van der Waals surface area contributed by atoms with Gasteiger partial charge in [-0.15, -0.1) is 11.3 Å². The number of nitrogens with two attached hydrogens (primary N) is 1. The van der Waals surface area contributed by atoms with E-state index in [1.807, 2.05) is 18.2 Å². The summed E-state index contributed by atoms with van der Waals surface area (Å²) in [6.07, 6.45) is 4.47. The van der Waals surface area contributed by atoms with Crippen molar-refractivity contribution in [3.8, 4) is 0 Å². The van der Waals surface area contributed by atoms with Gasteiger partial charge in [-0.25, -0.2) is 9.97 Å². The van der Waals surface area contributed by atoms with Gasteiger partial charge in [-0.1, -0.05) is 15.9 Å². The summed E-state index contributed by atoms with van der Waals surface area (Å²) in [5, 5.41) is 3.60. The molecule has 20 heavy (non-hydrogen) atoms. The predicted molar refractivity (Wildman–Crippen MR) is 83.9 cm³/mol. The summed E-state index contributed by atoms with van der Waals surface area (Å²) in [5.74, 6) is -0.255. The highest BCUT2D eigenvalue weighted by Gasteiger charge is 2.16. The van der Waals surface area contributed by atoms with Crippen LogP contribution in [0.15, 0.2) is 41.4 Å². The number of nitrogens with one attached hydrogen (secondary N) is 1. The zero-order chi connectivity index (χ0) is 14.1. The molecule has 1 amide bonds. The van der Waals surface area contributed by atoms with Gasteiger partial charge in [-0.3, -0.25) is 4.79 Å². The molecule has 0 unspecified atom stereocenters. The smallest absolute Gasteiger partial charge is 0.267 e. The van der Waals surface area contributed by atoms with Gasteiger partial charge in [0.05, 0.1) is 23.8 Å². The Morgan fingerprint density at radius 1 is 1.30 bits per heavy atom. The number of anilines is 2. The number of fused-ring (bicyclic) bond motifs is 1. The molecule has 5 nitrogen and oxygen atoms in total. The lowest BCUT2D eigenvalue weighted by molar-refractivity contribution is 0.103. The molecule has 0 radical (unpaired) electrons. The van der Waals surface area contributed by atoms with Gasteiger partial charge in [0, 0.05) is 14.6 Å². The van der Waals surface area contributed by atoms with Crippen LogP contribution in [-0.2, 0) is 0 Å². The van der Waals surface area contributed by atoms with E-state index in [-0.39, 0.29) is 5.91 Å². The summed E-state index contributed by atoms with van der Waals surface area (Å²) in [5.41, 5.74) is 7.08. The highest BCUT2D eigenvalue weighted by Crippen LogP contribution is 2.35. The highest BCUT2D eigenvalue weighted by atomic mass is 79.9. The van der Waals surface area contributed by atoms with E-state index in [1.165, 1.54) is 30.1 Å². The van der Waals surface area contributed by atoms with Crippen LogP contribution in [0.5, 0.6) is 0 Å². The number of rotatable bonds is 2. The molecule has 3 aromatic rings. The molecule has 2 aromatic heterocycles. The first-order valence-electron chi connectivity index (χ1n) is 5.69. The fourth-order valence-electron chi connectivity index (χ4n) is 1.81. The number of carbonyl (C=O) groups excluding carboxylic acids is 1. The maximum absolute atomic E-state index is 12.2. The van der Waals surface area contributed by atoms with Crippen molar-refractivity contribution in [2.24, 2.45) is 0 Å². The van der Waals surface area contributed by atoms with Gasteiger partial charge in [-0.2, -0.15) is 0 Å². The lowest BCUT2D eigenvalue weighted by Gasteiger charge is -2.02. The normalized spacial score (nSPS) is 10.7. The van der Waals surface area contributed by atoms with Gasteiger partial charge in [0.1, 0.15) is 11.2 Å². The second-order valence-corrected chi connectivity index (χ2v) is 6.03. The second-order valence-electron chi connectivity index (χ2n) is 4.07. The number of carbonyl (C=O) groups is 1. The Bertz CT molecular complexity index is 788.